The van der Waals surface area contributed by atoms with Gasteiger partial charge in [-0.2, -0.15) is 0 Å². The van der Waals surface area contributed by atoms with E-state index in [0.717, 1.165) is 15.3 Å². The molecular weight excluding hydrogens is 513 g/mol. The summed E-state index contributed by atoms with van der Waals surface area (Å²) in [5, 5.41) is 0. The van der Waals surface area contributed by atoms with E-state index in [2.05, 4.69) is 113 Å². The lowest BCUT2D eigenvalue weighted by atomic mass is 9.76. The zero-order valence-corrected chi connectivity index (χ0v) is 24.5. The molecule has 0 heterocycles. The first kappa shape index (κ1) is 28.3. The van der Waals surface area contributed by atoms with E-state index >= 15 is 0 Å². The van der Waals surface area contributed by atoms with Gasteiger partial charge >= 0.3 is 0 Å². The van der Waals surface area contributed by atoms with Crippen LogP contribution in [0.2, 0.25) is 0 Å². The standard InChI is InChI=1S/2C16H16S2/c1-16(2,14-11-7-4-8-12-14)18-15(17)13-9-5-3-6-10-13;1-16(2,12-8-4-3-5-9-12)14-11-7-6-10-13(14)15(17)18/h3-12H,1-2H3;3-11H,1-2H3,(H,17,18). The molecule has 0 amide bonds. The van der Waals surface area contributed by atoms with Gasteiger partial charge in [-0.3, -0.25) is 0 Å². The van der Waals surface area contributed by atoms with E-state index in [1.54, 1.807) is 11.8 Å². The van der Waals surface area contributed by atoms with Gasteiger partial charge in [-0.15, -0.1) is 24.4 Å². The third kappa shape index (κ3) is 7.39. The van der Waals surface area contributed by atoms with Crippen LogP contribution in [0.5, 0.6) is 0 Å². The van der Waals surface area contributed by atoms with Crippen LogP contribution in [0.25, 0.3) is 0 Å². The van der Waals surface area contributed by atoms with Gasteiger partial charge in [0.2, 0.25) is 0 Å². The van der Waals surface area contributed by atoms with Gasteiger partial charge in [0, 0.05) is 15.7 Å². The average Bonchev–Trinajstić information content (AvgIpc) is 2.90. The van der Waals surface area contributed by atoms with Gasteiger partial charge < -0.3 is 0 Å². The lowest BCUT2D eigenvalue weighted by Crippen LogP contribution is -2.21. The summed E-state index contributed by atoms with van der Waals surface area (Å²) in [7, 11) is 0. The molecule has 0 aliphatic heterocycles. The summed E-state index contributed by atoms with van der Waals surface area (Å²) in [6, 6.07) is 39.4. The average molecular weight is 545 g/mol. The molecule has 0 unspecified atom stereocenters. The van der Waals surface area contributed by atoms with Crippen molar-refractivity contribution < 1.29 is 0 Å². The van der Waals surface area contributed by atoms with Crippen LogP contribution in [-0.2, 0) is 10.2 Å². The largest absolute Gasteiger partial charge is 0.131 e. The monoisotopic (exact) mass is 544 g/mol. The molecule has 0 aromatic heterocycles. The van der Waals surface area contributed by atoms with Gasteiger partial charge in [-0.05, 0) is 36.1 Å². The molecule has 4 aromatic carbocycles. The molecule has 0 nitrogen and oxygen atoms in total. The van der Waals surface area contributed by atoms with Crippen molar-refractivity contribution in [3.8, 4) is 0 Å². The van der Waals surface area contributed by atoms with Gasteiger partial charge in [0.1, 0.15) is 0 Å². The topological polar surface area (TPSA) is 0 Å². The highest BCUT2D eigenvalue weighted by atomic mass is 32.2. The molecular formula is C32H32S4. The summed E-state index contributed by atoms with van der Waals surface area (Å²) in [6.07, 6.45) is 0. The second kappa shape index (κ2) is 12.8. The molecule has 0 atom stereocenters. The van der Waals surface area contributed by atoms with E-state index in [4.69, 9.17) is 24.4 Å². The Morgan fingerprint density at radius 2 is 1.06 bits per heavy atom. The minimum absolute atomic E-state index is 0.00577. The smallest absolute Gasteiger partial charge is 0.0786 e. The van der Waals surface area contributed by atoms with Crippen molar-refractivity contribution in [1.29, 1.82) is 0 Å². The Morgan fingerprint density at radius 3 is 1.58 bits per heavy atom. The fourth-order valence-corrected chi connectivity index (χ4v) is 6.09. The summed E-state index contributed by atoms with van der Waals surface area (Å²) in [5.74, 6) is 0. The van der Waals surface area contributed by atoms with Crippen molar-refractivity contribution in [3.05, 3.63) is 143 Å². The summed E-state index contributed by atoms with van der Waals surface area (Å²) >= 11 is 16.8. The Labute approximate surface area is 237 Å². The number of thiocarbonyl (C=S) groups is 2. The van der Waals surface area contributed by atoms with Gasteiger partial charge in [0.05, 0.1) is 8.39 Å². The maximum atomic E-state index is 5.53. The van der Waals surface area contributed by atoms with Crippen LogP contribution in [0.1, 0.15) is 55.5 Å². The normalized spacial score (nSPS) is 11.2. The molecule has 0 radical (unpaired) electrons. The van der Waals surface area contributed by atoms with Crippen molar-refractivity contribution in [2.75, 3.05) is 0 Å². The SMILES string of the molecule is CC(C)(SC(=S)c1ccccc1)c1ccccc1.CC(C)(c1ccccc1)c1ccccc1C(=S)S. The molecule has 4 rings (SSSR count). The van der Waals surface area contributed by atoms with Crippen LogP contribution < -0.4 is 0 Å². The van der Waals surface area contributed by atoms with E-state index in [1.807, 2.05) is 42.5 Å². The number of rotatable bonds is 6. The molecule has 0 N–H and O–H groups in total. The van der Waals surface area contributed by atoms with Crippen molar-refractivity contribution in [1.82, 2.24) is 0 Å². The van der Waals surface area contributed by atoms with Crippen LogP contribution in [0.15, 0.2) is 115 Å². The Morgan fingerprint density at radius 1 is 0.611 bits per heavy atom. The first-order valence-corrected chi connectivity index (χ1v) is 13.9. The van der Waals surface area contributed by atoms with Gasteiger partial charge in [-0.25, -0.2) is 0 Å². The second-order valence-electron chi connectivity index (χ2n) is 9.47. The Bertz CT molecular complexity index is 1280. The van der Waals surface area contributed by atoms with E-state index in [-0.39, 0.29) is 10.2 Å². The Kier molecular flexibility index (Phi) is 10.1. The van der Waals surface area contributed by atoms with Crippen LogP contribution in [0.4, 0.5) is 0 Å². The summed E-state index contributed by atoms with van der Waals surface area (Å²) in [6.45, 7) is 8.85. The fraction of sp³-hybridized carbons (Fsp3) is 0.188. The molecule has 0 aliphatic rings. The van der Waals surface area contributed by atoms with E-state index < -0.39 is 0 Å². The van der Waals surface area contributed by atoms with E-state index in [0.29, 0.717) is 4.20 Å². The first-order chi connectivity index (χ1) is 17.1. The summed E-state index contributed by atoms with van der Waals surface area (Å²) in [5.41, 5.74) is 5.89. The van der Waals surface area contributed by atoms with Gasteiger partial charge in [-0.1, -0.05) is 154 Å². The third-order valence-electron chi connectivity index (χ3n) is 6.15. The van der Waals surface area contributed by atoms with Crippen molar-refractivity contribution in [3.63, 3.8) is 0 Å². The maximum Gasteiger partial charge on any atom is 0.0786 e. The first-order valence-electron chi connectivity index (χ1n) is 11.8. The number of hydrogen-bond donors (Lipinski definition) is 1. The van der Waals surface area contributed by atoms with Crippen molar-refractivity contribution >= 4 is 57.2 Å². The van der Waals surface area contributed by atoms with E-state index in [9.17, 15) is 0 Å². The Balaban J connectivity index is 0.000000201. The summed E-state index contributed by atoms with van der Waals surface area (Å²) in [4.78, 5) is 0. The highest BCUT2D eigenvalue weighted by molar-refractivity contribution is 8.24. The highest BCUT2D eigenvalue weighted by Gasteiger charge is 2.26. The predicted molar refractivity (Wildman–Crippen MR) is 171 cm³/mol. The molecule has 0 aliphatic carbocycles. The molecule has 184 valence electrons. The lowest BCUT2D eigenvalue weighted by molar-refractivity contribution is 0.640. The van der Waals surface area contributed by atoms with Crippen LogP contribution in [0, 0.1) is 0 Å². The lowest BCUT2D eigenvalue weighted by Gasteiger charge is -2.28. The van der Waals surface area contributed by atoms with Gasteiger partial charge in [0.15, 0.2) is 0 Å². The number of benzene rings is 4. The minimum atomic E-state index is -0.0787. The number of hydrogen-bond acceptors (Lipinski definition) is 3. The molecule has 4 heteroatoms. The zero-order chi connectivity index (χ0) is 26.2. The van der Waals surface area contributed by atoms with Crippen LogP contribution in [-0.4, -0.2) is 8.39 Å². The molecule has 0 saturated carbocycles. The third-order valence-corrected chi connectivity index (χ3v) is 8.27. The molecule has 0 saturated heterocycles. The Hall–Kier alpha value is -2.24. The quantitative estimate of drug-likeness (QED) is 0.190. The maximum absolute atomic E-state index is 5.53. The summed E-state index contributed by atoms with van der Waals surface area (Å²) < 4.78 is 1.59. The highest BCUT2D eigenvalue weighted by Crippen LogP contribution is 2.38. The predicted octanol–water partition coefficient (Wildman–Crippen LogP) is 9.65. The number of thioether (sulfide) groups is 1. The number of thiol groups is 1. The van der Waals surface area contributed by atoms with Crippen LogP contribution in [0.3, 0.4) is 0 Å². The fourth-order valence-electron chi connectivity index (χ4n) is 3.99. The van der Waals surface area contributed by atoms with Gasteiger partial charge in [0.25, 0.3) is 0 Å². The molecule has 0 spiro atoms. The van der Waals surface area contributed by atoms with Crippen molar-refractivity contribution in [2.24, 2.45) is 0 Å². The molecule has 4 aromatic rings. The van der Waals surface area contributed by atoms with E-state index in [1.165, 1.54) is 16.7 Å². The second-order valence-corrected chi connectivity index (χ2v) is 12.9. The zero-order valence-electron chi connectivity index (χ0n) is 21.1. The molecule has 0 bridgehead atoms. The molecule has 0 fully saturated rings. The molecule has 36 heavy (non-hydrogen) atoms. The minimum Gasteiger partial charge on any atom is -0.131 e. The van der Waals surface area contributed by atoms with Crippen LogP contribution >= 0.6 is 48.8 Å². The van der Waals surface area contributed by atoms with Crippen molar-refractivity contribution in [2.45, 2.75) is 37.9 Å².